The summed E-state index contributed by atoms with van der Waals surface area (Å²) in [5.74, 6) is 0.475. The van der Waals surface area contributed by atoms with Crippen LogP contribution in [0.2, 0.25) is 0 Å². The maximum absolute atomic E-state index is 12.6. The topological polar surface area (TPSA) is 65.5 Å². The van der Waals surface area contributed by atoms with Crippen molar-refractivity contribution in [1.82, 2.24) is 20.1 Å². The molecule has 1 aromatic rings. The van der Waals surface area contributed by atoms with Crippen LogP contribution in [-0.2, 0) is 16.1 Å². The maximum Gasteiger partial charge on any atom is 0.224 e. The van der Waals surface area contributed by atoms with Crippen LogP contribution >= 0.6 is 0 Å². The van der Waals surface area contributed by atoms with E-state index in [4.69, 9.17) is 0 Å². The zero-order chi connectivity index (χ0) is 18.4. The summed E-state index contributed by atoms with van der Waals surface area (Å²) in [5, 5.41) is 3.06. The summed E-state index contributed by atoms with van der Waals surface area (Å²) in [7, 11) is 0. The van der Waals surface area contributed by atoms with Crippen molar-refractivity contribution in [2.75, 3.05) is 26.2 Å². The lowest BCUT2D eigenvalue weighted by molar-refractivity contribution is -0.132. The number of hydrogen-bond donors (Lipinski definition) is 1. The molecule has 2 fully saturated rings. The molecule has 2 amide bonds. The molecule has 0 spiro atoms. The van der Waals surface area contributed by atoms with E-state index in [2.05, 4.69) is 15.2 Å². The number of likely N-dealkylation sites (tertiary alicyclic amines) is 2. The van der Waals surface area contributed by atoms with Crippen LogP contribution in [0.4, 0.5) is 0 Å². The van der Waals surface area contributed by atoms with Crippen molar-refractivity contribution < 1.29 is 9.59 Å². The third-order valence-corrected chi connectivity index (χ3v) is 5.65. The molecule has 2 aliphatic heterocycles. The van der Waals surface area contributed by atoms with Gasteiger partial charge in [-0.25, -0.2) is 0 Å². The number of aromatic nitrogens is 1. The van der Waals surface area contributed by atoms with Crippen LogP contribution < -0.4 is 5.32 Å². The maximum atomic E-state index is 12.6. The van der Waals surface area contributed by atoms with Gasteiger partial charge in [0.15, 0.2) is 0 Å². The predicted octanol–water partition coefficient (Wildman–Crippen LogP) is 1.81. The minimum Gasteiger partial charge on any atom is -0.352 e. The second-order valence-electron chi connectivity index (χ2n) is 7.38. The molecule has 0 aliphatic carbocycles. The Morgan fingerprint density at radius 1 is 1.23 bits per heavy atom. The number of nitrogens with zero attached hydrogens (tertiary/aromatic N) is 3. The van der Waals surface area contributed by atoms with Gasteiger partial charge in [0, 0.05) is 51.0 Å². The summed E-state index contributed by atoms with van der Waals surface area (Å²) in [5.41, 5.74) is 1.03. The molecule has 0 radical (unpaired) electrons. The Hall–Kier alpha value is -1.95. The van der Waals surface area contributed by atoms with Crippen LogP contribution in [0.3, 0.4) is 0 Å². The SMILES string of the molecule is CCC(=O)N1CCC(N2CCC[C@@H](C(=O)NCc3cccnc3)C2)CC1. The number of nitrogens with one attached hydrogen (secondary N) is 1. The van der Waals surface area contributed by atoms with E-state index < -0.39 is 0 Å². The molecular weight excluding hydrogens is 328 g/mol. The number of piperidine rings is 2. The van der Waals surface area contributed by atoms with Gasteiger partial charge in [-0.2, -0.15) is 0 Å². The van der Waals surface area contributed by atoms with Crippen molar-refractivity contribution in [1.29, 1.82) is 0 Å². The normalized spacial score (nSPS) is 22.2. The number of pyridine rings is 1. The first-order valence-electron chi connectivity index (χ1n) is 9.85. The van der Waals surface area contributed by atoms with Crippen molar-refractivity contribution in [3.63, 3.8) is 0 Å². The molecule has 0 saturated carbocycles. The fraction of sp³-hybridized carbons (Fsp3) is 0.650. The summed E-state index contributed by atoms with van der Waals surface area (Å²) < 4.78 is 0. The molecule has 2 saturated heterocycles. The zero-order valence-electron chi connectivity index (χ0n) is 15.7. The Bertz CT molecular complexity index is 599. The highest BCUT2D eigenvalue weighted by Crippen LogP contribution is 2.24. The first-order valence-corrected chi connectivity index (χ1v) is 9.85. The fourth-order valence-electron chi connectivity index (χ4n) is 4.09. The van der Waals surface area contributed by atoms with Crippen LogP contribution in [0, 0.1) is 5.92 Å². The Morgan fingerprint density at radius 2 is 2.04 bits per heavy atom. The number of amides is 2. The smallest absolute Gasteiger partial charge is 0.224 e. The van der Waals surface area contributed by atoms with Crippen molar-refractivity contribution >= 4 is 11.8 Å². The van der Waals surface area contributed by atoms with E-state index >= 15 is 0 Å². The molecule has 1 aromatic heterocycles. The van der Waals surface area contributed by atoms with Crippen molar-refractivity contribution in [2.45, 2.75) is 51.6 Å². The number of carbonyl (C=O) groups excluding carboxylic acids is 2. The second kappa shape index (κ2) is 9.12. The molecule has 1 N–H and O–H groups in total. The van der Waals surface area contributed by atoms with Crippen LogP contribution in [0.1, 0.15) is 44.6 Å². The van der Waals surface area contributed by atoms with Gasteiger partial charge in [0.1, 0.15) is 0 Å². The molecule has 6 nitrogen and oxygen atoms in total. The van der Waals surface area contributed by atoms with Gasteiger partial charge < -0.3 is 10.2 Å². The van der Waals surface area contributed by atoms with Crippen molar-refractivity contribution in [2.24, 2.45) is 5.92 Å². The molecule has 6 heteroatoms. The molecule has 0 aromatic carbocycles. The predicted molar refractivity (Wildman–Crippen MR) is 100 cm³/mol. The van der Waals surface area contributed by atoms with Gasteiger partial charge in [-0.15, -0.1) is 0 Å². The van der Waals surface area contributed by atoms with Gasteiger partial charge in [-0.05, 0) is 43.9 Å². The average Bonchev–Trinajstić information content (AvgIpc) is 2.72. The Balaban J connectivity index is 1.46. The fourth-order valence-corrected chi connectivity index (χ4v) is 4.09. The second-order valence-corrected chi connectivity index (χ2v) is 7.38. The van der Waals surface area contributed by atoms with Crippen molar-refractivity contribution in [3.8, 4) is 0 Å². The van der Waals surface area contributed by atoms with Gasteiger partial charge >= 0.3 is 0 Å². The van der Waals surface area contributed by atoms with E-state index in [0.29, 0.717) is 19.0 Å². The average molecular weight is 358 g/mol. The van der Waals surface area contributed by atoms with Crippen molar-refractivity contribution in [3.05, 3.63) is 30.1 Å². The van der Waals surface area contributed by atoms with Gasteiger partial charge in [-0.1, -0.05) is 13.0 Å². The third-order valence-electron chi connectivity index (χ3n) is 5.65. The Morgan fingerprint density at radius 3 is 2.73 bits per heavy atom. The first-order chi connectivity index (χ1) is 12.7. The number of carbonyl (C=O) groups is 2. The van der Waals surface area contributed by atoms with E-state index in [1.807, 2.05) is 24.0 Å². The van der Waals surface area contributed by atoms with Gasteiger partial charge in [0.25, 0.3) is 0 Å². The van der Waals surface area contributed by atoms with Crippen LogP contribution in [0.5, 0.6) is 0 Å². The lowest BCUT2D eigenvalue weighted by Crippen LogP contribution is -2.51. The Kier molecular flexibility index (Phi) is 6.61. The summed E-state index contributed by atoms with van der Waals surface area (Å²) in [6.45, 7) is 6.08. The minimum atomic E-state index is 0.0655. The molecule has 142 valence electrons. The highest BCUT2D eigenvalue weighted by molar-refractivity contribution is 5.79. The number of rotatable bonds is 5. The molecule has 3 heterocycles. The largest absolute Gasteiger partial charge is 0.352 e. The van der Waals surface area contributed by atoms with E-state index in [0.717, 1.165) is 57.4 Å². The molecule has 0 unspecified atom stereocenters. The van der Waals surface area contributed by atoms with Gasteiger partial charge in [0.05, 0.1) is 5.92 Å². The standard InChI is InChI=1S/C20H30N4O2/c1-2-19(25)23-11-7-18(8-12-23)24-10-4-6-17(15-24)20(26)22-14-16-5-3-9-21-13-16/h3,5,9,13,17-18H,2,4,6-8,10-12,14-15H2,1H3,(H,22,26)/t17-/m1/s1. The monoisotopic (exact) mass is 358 g/mol. The van der Waals surface area contributed by atoms with E-state index in [1.54, 1.807) is 12.4 Å². The molecule has 0 bridgehead atoms. The summed E-state index contributed by atoms with van der Waals surface area (Å²) in [6.07, 6.45) is 8.20. The molecule has 2 aliphatic rings. The summed E-state index contributed by atoms with van der Waals surface area (Å²) in [4.78, 5) is 33.0. The molecule has 26 heavy (non-hydrogen) atoms. The van der Waals surface area contributed by atoms with Gasteiger partial charge in [-0.3, -0.25) is 19.5 Å². The zero-order valence-corrected chi connectivity index (χ0v) is 15.7. The lowest BCUT2D eigenvalue weighted by atomic mass is 9.93. The van der Waals surface area contributed by atoms with Gasteiger partial charge in [0.2, 0.25) is 11.8 Å². The quantitative estimate of drug-likeness (QED) is 0.872. The number of hydrogen-bond acceptors (Lipinski definition) is 4. The highest BCUT2D eigenvalue weighted by atomic mass is 16.2. The highest BCUT2D eigenvalue weighted by Gasteiger charge is 2.32. The van der Waals surface area contributed by atoms with Crippen LogP contribution in [0.25, 0.3) is 0 Å². The first kappa shape index (κ1) is 18.8. The van der Waals surface area contributed by atoms with Crippen LogP contribution in [0.15, 0.2) is 24.5 Å². The van der Waals surface area contributed by atoms with E-state index in [-0.39, 0.29) is 17.7 Å². The lowest BCUT2D eigenvalue weighted by Gasteiger charge is -2.42. The Labute approximate surface area is 156 Å². The summed E-state index contributed by atoms with van der Waals surface area (Å²) >= 11 is 0. The minimum absolute atomic E-state index is 0.0655. The molecule has 3 rings (SSSR count). The summed E-state index contributed by atoms with van der Waals surface area (Å²) in [6, 6.07) is 4.37. The third kappa shape index (κ3) is 4.81. The van der Waals surface area contributed by atoms with E-state index in [1.165, 1.54) is 0 Å². The van der Waals surface area contributed by atoms with Crippen LogP contribution in [-0.4, -0.2) is 58.8 Å². The molecular formula is C20H30N4O2. The van der Waals surface area contributed by atoms with E-state index in [9.17, 15) is 9.59 Å². The molecule has 1 atom stereocenters.